The van der Waals surface area contributed by atoms with Gasteiger partial charge in [-0.05, 0) is 37.5 Å². The lowest BCUT2D eigenvalue weighted by molar-refractivity contribution is -0.137. The number of benzene rings is 1. The van der Waals surface area contributed by atoms with Crippen molar-refractivity contribution in [3.8, 4) is 0 Å². The number of ether oxygens (including phenoxy) is 1. The van der Waals surface area contributed by atoms with Crippen molar-refractivity contribution in [2.45, 2.75) is 46.8 Å². The van der Waals surface area contributed by atoms with Crippen LogP contribution in [0.25, 0.3) is 0 Å². The van der Waals surface area contributed by atoms with Crippen molar-refractivity contribution >= 4 is 11.9 Å². The predicted octanol–water partition coefficient (Wildman–Crippen LogP) is 3.18. The second-order valence-electron chi connectivity index (χ2n) is 6.35. The number of aliphatic carboxylic acids is 1. The molecule has 5 nitrogen and oxygen atoms in total. The van der Waals surface area contributed by atoms with Crippen LogP contribution < -0.4 is 0 Å². The molecule has 0 saturated carbocycles. The zero-order valence-corrected chi connectivity index (χ0v) is 14.4. The molecular formula is C18H27NO4. The molecule has 128 valence electrons. The van der Waals surface area contributed by atoms with E-state index in [4.69, 9.17) is 9.84 Å². The monoisotopic (exact) mass is 321 g/mol. The molecule has 1 amide bonds. The van der Waals surface area contributed by atoms with Crippen LogP contribution in [0.1, 0.15) is 50.0 Å². The van der Waals surface area contributed by atoms with Crippen molar-refractivity contribution in [2.24, 2.45) is 5.92 Å². The zero-order chi connectivity index (χ0) is 17.4. The Hall–Kier alpha value is -1.88. The average molecular weight is 321 g/mol. The van der Waals surface area contributed by atoms with Crippen molar-refractivity contribution in [1.82, 2.24) is 4.90 Å². The molecule has 23 heavy (non-hydrogen) atoms. The number of amides is 1. The molecule has 1 rings (SSSR count). The van der Waals surface area contributed by atoms with Gasteiger partial charge in [0.15, 0.2) is 0 Å². The van der Waals surface area contributed by atoms with E-state index in [1.165, 1.54) is 0 Å². The van der Waals surface area contributed by atoms with Gasteiger partial charge in [-0.1, -0.05) is 26.0 Å². The van der Waals surface area contributed by atoms with Crippen LogP contribution in [-0.4, -0.2) is 41.1 Å². The van der Waals surface area contributed by atoms with Gasteiger partial charge in [0.1, 0.15) is 0 Å². The summed E-state index contributed by atoms with van der Waals surface area (Å²) in [4.78, 5) is 24.9. The maximum atomic E-state index is 12.6. The highest BCUT2D eigenvalue weighted by molar-refractivity contribution is 5.94. The summed E-state index contributed by atoms with van der Waals surface area (Å²) in [6.07, 6.45) is 0.118. The maximum absolute atomic E-state index is 12.6. The summed E-state index contributed by atoms with van der Waals surface area (Å²) in [5.74, 6) is -0.740. The van der Waals surface area contributed by atoms with Crippen molar-refractivity contribution in [1.29, 1.82) is 0 Å². The first-order valence-corrected chi connectivity index (χ1v) is 8.01. The molecule has 0 radical (unpaired) electrons. The van der Waals surface area contributed by atoms with Gasteiger partial charge in [0.2, 0.25) is 0 Å². The number of carboxylic acid groups (broad SMARTS) is 1. The van der Waals surface area contributed by atoms with Crippen LogP contribution in [0.2, 0.25) is 0 Å². The summed E-state index contributed by atoms with van der Waals surface area (Å²) >= 11 is 0. The highest BCUT2D eigenvalue weighted by Gasteiger charge is 2.17. The Kier molecular flexibility index (Phi) is 7.75. The molecule has 0 aromatic heterocycles. The quantitative estimate of drug-likeness (QED) is 0.758. The number of rotatable bonds is 9. The van der Waals surface area contributed by atoms with E-state index in [0.717, 1.165) is 5.56 Å². The first-order chi connectivity index (χ1) is 10.8. The van der Waals surface area contributed by atoms with Crippen LogP contribution in [0.4, 0.5) is 0 Å². The first kappa shape index (κ1) is 19.2. The Bertz CT molecular complexity index is 508. The van der Waals surface area contributed by atoms with E-state index in [2.05, 4.69) is 0 Å². The third-order valence-corrected chi connectivity index (χ3v) is 3.25. The topological polar surface area (TPSA) is 66.8 Å². The van der Waals surface area contributed by atoms with Crippen molar-refractivity contribution in [2.75, 3.05) is 13.1 Å². The van der Waals surface area contributed by atoms with Crippen LogP contribution in [0, 0.1) is 5.92 Å². The molecule has 0 spiro atoms. The summed E-state index contributed by atoms with van der Waals surface area (Å²) < 4.78 is 5.53. The number of hydrogen-bond acceptors (Lipinski definition) is 3. The smallest absolute Gasteiger partial charge is 0.305 e. The highest BCUT2D eigenvalue weighted by Crippen LogP contribution is 2.11. The van der Waals surface area contributed by atoms with Crippen LogP contribution >= 0.6 is 0 Å². The molecule has 0 bridgehead atoms. The Morgan fingerprint density at radius 2 is 1.74 bits per heavy atom. The fraction of sp³-hybridized carbons (Fsp3) is 0.556. The molecule has 0 heterocycles. The van der Waals surface area contributed by atoms with E-state index in [0.29, 0.717) is 18.7 Å². The molecule has 0 aliphatic heterocycles. The molecule has 0 saturated heterocycles. The second kappa shape index (κ2) is 9.30. The molecule has 0 fully saturated rings. The second-order valence-corrected chi connectivity index (χ2v) is 6.35. The van der Waals surface area contributed by atoms with Gasteiger partial charge in [0, 0.05) is 18.7 Å². The maximum Gasteiger partial charge on any atom is 0.305 e. The number of carbonyl (C=O) groups excluding carboxylic acids is 1. The molecule has 0 aliphatic rings. The summed E-state index contributed by atoms with van der Waals surface area (Å²) in [5, 5.41) is 8.84. The predicted molar refractivity (Wildman–Crippen MR) is 89.4 cm³/mol. The number of nitrogens with zero attached hydrogens (tertiary/aromatic N) is 1. The summed E-state index contributed by atoms with van der Waals surface area (Å²) in [7, 11) is 0. The van der Waals surface area contributed by atoms with Gasteiger partial charge in [0.05, 0.1) is 19.1 Å². The van der Waals surface area contributed by atoms with E-state index in [1.807, 2.05) is 39.8 Å². The minimum absolute atomic E-state index is 0.0429. The van der Waals surface area contributed by atoms with E-state index in [1.54, 1.807) is 17.0 Å². The Morgan fingerprint density at radius 3 is 2.22 bits per heavy atom. The fourth-order valence-electron chi connectivity index (χ4n) is 2.14. The molecule has 1 aromatic rings. The zero-order valence-electron chi connectivity index (χ0n) is 14.4. The van der Waals surface area contributed by atoms with Gasteiger partial charge in [-0.3, -0.25) is 9.59 Å². The summed E-state index contributed by atoms with van der Waals surface area (Å²) in [6, 6.07) is 7.30. The van der Waals surface area contributed by atoms with Crippen LogP contribution in [-0.2, 0) is 16.1 Å². The van der Waals surface area contributed by atoms with Gasteiger partial charge in [-0.15, -0.1) is 0 Å². The molecule has 0 unspecified atom stereocenters. The average Bonchev–Trinajstić information content (AvgIpc) is 2.48. The lowest BCUT2D eigenvalue weighted by Crippen LogP contribution is -2.36. The van der Waals surface area contributed by atoms with E-state index in [-0.39, 0.29) is 30.9 Å². The molecule has 0 atom stereocenters. The van der Waals surface area contributed by atoms with Gasteiger partial charge in [0.25, 0.3) is 5.91 Å². The molecule has 0 aliphatic carbocycles. The van der Waals surface area contributed by atoms with Crippen molar-refractivity contribution < 1.29 is 19.4 Å². The van der Waals surface area contributed by atoms with Gasteiger partial charge in [-0.25, -0.2) is 0 Å². The summed E-state index contributed by atoms with van der Waals surface area (Å²) in [5.41, 5.74) is 1.58. The third-order valence-electron chi connectivity index (χ3n) is 3.25. The van der Waals surface area contributed by atoms with E-state index >= 15 is 0 Å². The molecule has 1 aromatic carbocycles. The number of hydrogen-bond donors (Lipinski definition) is 1. The van der Waals surface area contributed by atoms with Crippen LogP contribution in [0.3, 0.4) is 0 Å². The van der Waals surface area contributed by atoms with Crippen LogP contribution in [0.5, 0.6) is 0 Å². The lowest BCUT2D eigenvalue weighted by atomic mass is 10.1. The van der Waals surface area contributed by atoms with Crippen LogP contribution in [0.15, 0.2) is 24.3 Å². The molecule has 1 N–H and O–H groups in total. The lowest BCUT2D eigenvalue weighted by Gasteiger charge is -2.24. The van der Waals surface area contributed by atoms with E-state index < -0.39 is 5.97 Å². The first-order valence-electron chi connectivity index (χ1n) is 8.01. The molecular weight excluding hydrogens is 294 g/mol. The largest absolute Gasteiger partial charge is 0.481 e. The fourth-order valence-corrected chi connectivity index (χ4v) is 2.14. The standard InChI is InChI=1S/C18H27NO4/c1-13(2)11-19(10-9-17(20)21)18(22)16-7-5-15(6-8-16)12-23-14(3)4/h5-8,13-14H,9-12H2,1-4H3,(H,20,21). The Labute approximate surface area is 138 Å². The molecule has 5 heteroatoms. The minimum atomic E-state index is -0.896. The van der Waals surface area contributed by atoms with Crippen molar-refractivity contribution in [3.05, 3.63) is 35.4 Å². The number of carboxylic acids is 1. The summed E-state index contributed by atoms with van der Waals surface area (Å²) in [6.45, 7) is 9.25. The number of carbonyl (C=O) groups is 2. The van der Waals surface area contributed by atoms with Gasteiger partial charge in [-0.2, -0.15) is 0 Å². The minimum Gasteiger partial charge on any atom is -0.481 e. The third kappa shape index (κ3) is 7.28. The Morgan fingerprint density at radius 1 is 1.13 bits per heavy atom. The van der Waals surface area contributed by atoms with E-state index in [9.17, 15) is 9.59 Å². The Balaban J connectivity index is 2.75. The van der Waals surface area contributed by atoms with Crippen molar-refractivity contribution in [3.63, 3.8) is 0 Å². The highest BCUT2D eigenvalue weighted by atomic mass is 16.5. The van der Waals surface area contributed by atoms with Gasteiger partial charge < -0.3 is 14.7 Å². The normalized spacial score (nSPS) is 11.0. The van der Waals surface area contributed by atoms with Gasteiger partial charge >= 0.3 is 5.97 Å². The SMILES string of the molecule is CC(C)CN(CCC(=O)O)C(=O)c1ccc(COC(C)C)cc1.